The topological polar surface area (TPSA) is 27.1 Å². The van der Waals surface area contributed by atoms with E-state index in [0.29, 0.717) is 11.3 Å². The Morgan fingerprint density at radius 2 is 2.19 bits per heavy atom. The first-order valence-electron chi connectivity index (χ1n) is 6.61. The van der Waals surface area contributed by atoms with E-state index in [1.807, 2.05) is 30.8 Å². The highest BCUT2D eigenvalue weighted by molar-refractivity contribution is 6.19. The zero-order valence-electron chi connectivity index (χ0n) is 11.9. The number of nitrogens with zero attached hydrogens (tertiary/aromatic N) is 2. The lowest BCUT2D eigenvalue weighted by Gasteiger charge is -2.07. The van der Waals surface area contributed by atoms with Gasteiger partial charge in [0, 0.05) is 18.3 Å². The van der Waals surface area contributed by atoms with Gasteiger partial charge in [0.25, 0.3) is 0 Å². The number of halogens is 2. The molecule has 0 aliphatic carbocycles. The molecule has 0 amide bonds. The summed E-state index contributed by atoms with van der Waals surface area (Å²) in [4.78, 5) is 0. The van der Waals surface area contributed by atoms with Crippen molar-refractivity contribution < 1.29 is 9.13 Å². The fourth-order valence-corrected chi connectivity index (χ4v) is 1.81. The van der Waals surface area contributed by atoms with Crippen molar-refractivity contribution in [1.82, 2.24) is 9.78 Å². The van der Waals surface area contributed by atoms with E-state index in [1.165, 1.54) is 12.1 Å². The third-order valence-electron chi connectivity index (χ3n) is 2.80. The summed E-state index contributed by atoms with van der Waals surface area (Å²) in [5.74, 6) is 5.83. The fourth-order valence-electron chi connectivity index (χ4n) is 1.74. The lowest BCUT2D eigenvalue weighted by Crippen LogP contribution is -2.04. The highest BCUT2D eigenvalue weighted by Gasteiger charge is 2.07. The maximum Gasteiger partial charge on any atom is 0.138 e. The summed E-state index contributed by atoms with van der Waals surface area (Å²) in [7, 11) is 0. The van der Waals surface area contributed by atoms with Crippen LogP contribution in [0.3, 0.4) is 0 Å². The minimum absolute atomic E-state index is 0.218. The molecule has 2 aromatic rings. The van der Waals surface area contributed by atoms with Gasteiger partial charge in [-0.25, -0.2) is 4.39 Å². The molecule has 0 fully saturated rings. The van der Waals surface area contributed by atoms with Crippen LogP contribution in [0.2, 0.25) is 0 Å². The first-order valence-corrected chi connectivity index (χ1v) is 7.15. The Labute approximate surface area is 128 Å². The third-order valence-corrected chi connectivity index (χ3v) is 2.94. The van der Waals surface area contributed by atoms with Gasteiger partial charge in [-0.3, -0.25) is 4.68 Å². The number of aromatic nitrogens is 2. The molecule has 1 aromatic heterocycles. The summed E-state index contributed by atoms with van der Waals surface area (Å²) in [6, 6.07) is 6.41. The van der Waals surface area contributed by atoms with Crippen molar-refractivity contribution in [3.05, 3.63) is 47.5 Å². The standard InChI is InChI=1S/C16H16ClFN2O/c1-12(2)20-9-7-15(19-20)11-21-16-10-14(18)6-5-13(16)4-3-8-17/h5-7,9-10,12H,8,11H2,1-2H3. The molecule has 0 aliphatic heterocycles. The van der Waals surface area contributed by atoms with Crippen molar-refractivity contribution in [2.75, 3.05) is 5.88 Å². The molecule has 5 heteroatoms. The van der Waals surface area contributed by atoms with Gasteiger partial charge in [-0.15, -0.1) is 11.6 Å². The minimum atomic E-state index is -0.367. The fraction of sp³-hybridized carbons (Fsp3) is 0.312. The van der Waals surface area contributed by atoms with E-state index in [2.05, 4.69) is 16.9 Å². The Kier molecular flexibility index (Phi) is 5.24. The van der Waals surface area contributed by atoms with Gasteiger partial charge in [-0.05, 0) is 32.0 Å². The molecule has 0 N–H and O–H groups in total. The average Bonchev–Trinajstić information content (AvgIpc) is 2.93. The van der Waals surface area contributed by atoms with Gasteiger partial charge < -0.3 is 4.74 Å². The van der Waals surface area contributed by atoms with Gasteiger partial charge in [0.2, 0.25) is 0 Å². The van der Waals surface area contributed by atoms with Crippen molar-refractivity contribution in [2.45, 2.75) is 26.5 Å². The number of hydrogen-bond acceptors (Lipinski definition) is 2. The molecule has 0 unspecified atom stereocenters. The van der Waals surface area contributed by atoms with E-state index in [9.17, 15) is 4.39 Å². The molecule has 0 saturated heterocycles. The van der Waals surface area contributed by atoms with Crippen LogP contribution in [0.15, 0.2) is 30.5 Å². The number of hydrogen-bond donors (Lipinski definition) is 0. The summed E-state index contributed by atoms with van der Waals surface area (Å²) in [6.07, 6.45) is 1.89. The Balaban J connectivity index is 2.12. The maximum atomic E-state index is 13.3. The molecule has 1 aromatic carbocycles. The van der Waals surface area contributed by atoms with Crippen LogP contribution in [0, 0.1) is 17.7 Å². The van der Waals surface area contributed by atoms with Gasteiger partial charge >= 0.3 is 0 Å². The highest BCUT2D eigenvalue weighted by atomic mass is 35.5. The van der Waals surface area contributed by atoms with E-state index in [-0.39, 0.29) is 24.3 Å². The first-order chi connectivity index (χ1) is 10.1. The van der Waals surface area contributed by atoms with E-state index in [0.717, 1.165) is 5.69 Å². The number of ether oxygens (including phenoxy) is 1. The monoisotopic (exact) mass is 306 g/mol. The smallest absolute Gasteiger partial charge is 0.138 e. The number of rotatable bonds is 4. The molecule has 0 radical (unpaired) electrons. The number of benzene rings is 1. The minimum Gasteiger partial charge on any atom is -0.486 e. The molecule has 0 saturated carbocycles. The van der Waals surface area contributed by atoms with E-state index < -0.39 is 0 Å². The normalized spacial score (nSPS) is 10.3. The van der Waals surface area contributed by atoms with Crippen molar-refractivity contribution in [1.29, 1.82) is 0 Å². The van der Waals surface area contributed by atoms with Crippen LogP contribution in [0.25, 0.3) is 0 Å². The van der Waals surface area contributed by atoms with Gasteiger partial charge in [-0.2, -0.15) is 5.10 Å². The van der Waals surface area contributed by atoms with E-state index in [4.69, 9.17) is 16.3 Å². The van der Waals surface area contributed by atoms with Crippen molar-refractivity contribution >= 4 is 11.6 Å². The second kappa shape index (κ2) is 7.14. The van der Waals surface area contributed by atoms with Crippen molar-refractivity contribution in [3.8, 4) is 17.6 Å². The Bertz CT molecular complexity index is 670. The summed E-state index contributed by atoms with van der Waals surface area (Å²) < 4.78 is 20.8. The van der Waals surface area contributed by atoms with Crippen LogP contribution < -0.4 is 4.74 Å². The third kappa shape index (κ3) is 4.24. The summed E-state index contributed by atoms with van der Waals surface area (Å²) in [6.45, 7) is 4.35. The molecule has 3 nitrogen and oxygen atoms in total. The Morgan fingerprint density at radius 1 is 1.38 bits per heavy atom. The lowest BCUT2D eigenvalue weighted by molar-refractivity contribution is 0.296. The molecule has 1 heterocycles. The van der Waals surface area contributed by atoms with Gasteiger partial charge in [0.1, 0.15) is 18.2 Å². The van der Waals surface area contributed by atoms with Crippen LogP contribution in [0.4, 0.5) is 4.39 Å². The second-order valence-corrected chi connectivity index (χ2v) is 5.01. The summed E-state index contributed by atoms with van der Waals surface area (Å²) in [5.41, 5.74) is 1.39. The molecule has 0 bridgehead atoms. The number of alkyl halides is 1. The van der Waals surface area contributed by atoms with Gasteiger partial charge in [0.15, 0.2) is 0 Å². The largest absolute Gasteiger partial charge is 0.486 e. The molecule has 110 valence electrons. The Morgan fingerprint density at radius 3 is 2.86 bits per heavy atom. The molecule has 0 spiro atoms. The van der Waals surface area contributed by atoms with Crippen LogP contribution in [-0.2, 0) is 6.61 Å². The molecular weight excluding hydrogens is 291 g/mol. The van der Waals surface area contributed by atoms with Gasteiger partial charge in [0.05, 0.1) is 17.1 Å². The van der Waals surface area contributed by atoms with Crippen LogP contribution in [0.5, 0.6) is 5.75 Å². The molecule has 21 heavy (non-hydrogen) atoms. The van der Waals surface area contributed by atoms with Crippen LogP contribution in [0.1, 0.15) is 31.1 Å². The predicted octanol–water partition coefficient (Wildman–Crippen LogP) is 3.77. The highest BCUT2D eigenvalue weighted by Crippen LogP contribution is 2.20. The average molecular weight is 307 g/mol. The molecule has 0 atom stereocenters. The second-order valence-electron chi connectivity index (χ2n) is 4.75. The van der Waals surface area contributed by atoms with Gasteiger partial charge in [-0.1, -0.05) is 11.8 Å². The summed E-state index contributed by atoms with van der Waals surface area (Å²) >= 11 is 5.54. The summed E-state index contributed by atoms with van der Waals surface area (Å²) in [5, 5.41) is 4.38. The van der Waals surface area contributed by atoms with E-state index >= 15 is 0 Å². The van der Waals surface area contributed by atoms with Crippen LogP contribution in [-0.4, -0.2) is 15.7 Å². The molecule has 2 rings (SSSR count). The first kappa shape index (κ1) is 15.4. The van der Waals surface area contributed by atoms with E-state index in [1.54, 1.807) is 6.07 Å². The van der Waals surface area contributed by atoms with Crippen LogP contribution >= 0.6 is 11.6 Å². The van der Waals surface area contributed by atoms with Crippen molar-refractivity contribution in [2.24, 2.45) is 0 Å². The quantitative estimate of drug-likeness (QED) is 0.635. The SMILES string of the molecule is CC(C)n1ccc(COc2cc(F)ccc2C#CCCl)n1. The zero-order valence-corrected chi connectivity index (χ0v) is 12.7. The maximum absolute atomic E-state index is 13.3. The zero-order chi connectivity index (χ0) is 15.2. The molecule has 0 aliphatic rings. The van der Waals surface area contributed by atoms with Crippen molar-refractivity contribution in [3.63, 3.8) is 0 Å². The lowest BCUT2D eigenvalue weighted by atomic mass is 10.2. The predicted molar refractivity (Wildman–Crippen MR) is 80.9 cm³/mol. The molecular formula is C16H16ClFN2O. The Hall–Kier alpha value is -1.99.